The Morgan fingerprint density at radius 3 is 2.79 bits per heavy atom. The summed E-state index contributed by atoms with van der Waals surface area (Å²) in [5, 5.41) is 9.06. The molecule has 130 valence electrons. The first kappa shape index (κ1) is 16.5. The number of nitrogens with two attached hydrogens (primary N) is 1. The van der Waals surface area contributed by atoms with E-state index in [4.69, 9.17) is 14.6 Å². The SMILES string of the molecule is CCCC1(C2NN=CO2)Oc2c(cccc2S(N)(=O)=O)N(C)C1=O. The predicted octanol–water partition coefficient (Wildman–Crippen LogP) is 0.117. The molecule has 0 fully saturated rings. The van der Waals surface area contributed by atoms with Crippen molar-refractivity contribution in [3.8, 4) is 5.75 Å². The Bertz CT molecular complexity index is 801. The highest BCUT2D eigenvalue weighted by Gasteiger charge is 2.55. The van der Waals surface area contributed by atoms with Crippen LogP contribution < -0.4 is 20.2 Å². The van der Waals surface area contributed by atoms with E-state index in [1.165, 1.54) is 23.4 Å². The number of hydrogen-bond acceptors (Lipinski definition) is 7. The zero-order valence-corrected chi connectivity index (χ0v) is 14.0. The van der Waals surface area contributed by atoms with Crippen LogP contribution in [0.3, 0.4) is 0 Å². The molecule has 10 heteroatoms. The molecule has 2 aliphatic rings. The van der Waals surface area contributed by atoms with E-state index < -0.39 is 21.9 Å². The first-order valence-corrected chi connectivity index (χ1v) is 8.91. The normalized spacial score (nSPS) is 25.7. The van der Waals surface area contributed by atoms with Crippen LogP contribution >= 0.6 is 0 Å². The maximum absolute atomic E-state index is 13.0. The monoisotopic (exact) mass is 354 g/mol. The highest BCUT2D eigenvalue weighted by atomic mass is 32.2. The standard InChI is InChI=1S/C14H18N4O5S/c1-3-7-14(12-17-16-8-22-12)13(19)18(2)9-5-4-6-10(11(9)23-14)24(15,20)21/h4-6,8,12,17H,3,7H2,1-2H3,(H2,15,20,21). The Balaban J connectivity index is 2.18. The van der Waals surface area contributed by atoms with Gasteiger partial charge in [-0.3, -0.25) is 10.2 Å². The third kappa shape index (κ3) is 2.38. The fraction of sp³-hybridized carbons (Fsp3) is 0.429. The molecule has 3 N–H and O–H groups in total. The molecule has 1 amide bonds. The van der Waals surface area contributed by atoms with Gasteiger partial charge in [-0.2, -0.15) is 0 Å². The number of likely N-dealkylation sites (N-methyl/N-ethyl adjacent to an activating group) is 1. The van der Waals surface area contributed by atoms with Gasteiger partial charge >= 0.3 is 0 Å². The van der Waals surface area contributed by atoms with E-state index in [1.54, 1.807) is 13.1 Å². The van der Waals surface area contributed by atoms with Gasteiger partial charge in [-0.05, 0) is 12.1 Å². The van der Waals surface area contributed by atoms with E-state index in [1.807, 2.05) is 6.92 Å². The van der Waals surface area contributed by atoms with Gasteiger partial charge in [0.25, 0.3) is 5.91 Å². The quantitative estimate of drug-likeness (QED) is 0.791. The lowest BCUT2D eigenvalue weighted by atomic mass is 9.91. The summed E-state index contributed by atoms with van der Waals surface area (Å²) in [6.45, 7) is 1.88. The van der Waals surface area contributed by atoms with Gasteiger partial charge in [-0.25, -0.2) is 13.6 Å². The summed E-state index contributed by atoms with van der Waals surface area (Å²) in [6, 6.07) is 4.44. The molecule has 9 nitrogen and oxygen atoms in total. The van der Waals surface area contributed by atoms with Crippen molar-refractivity contribution >= 4 is 28.0 Å². The van der Waals surface area contributed by atoms with Crippen molar-refractivity contribution in [3.05, 3.63) is 18.2 Å². The minimum absolute atomic E-state index is 0.0350. The van der Waals surface area contributed by atoms with Gasteiger partial charge in [0.15, 0.2) is 12.2 Å². The van der Waals surface area contributed by atoms with Crippen LogP contribution in [0.2, 0.25) is 0 Å². The summed E-state index contributed by atoms with van der Waals surface area (Å²) < 4.78 is 35.1. The number of para-hydroxylation sites is 1. The summed E-state index contributed by atoms with van der Waals surface area (Å²) in [5.41, 5.74) is 1.57. The molecule has 24 heavy (non-hydrogen) atoms. The van der Waals surface area contributed by atoms with E-state index in [0.717, 1.165) is 0 Å². The number of anilines is 1. The van der Waals surface area contributed by atoms with Crippen LogP contribution in [-0.2, 0) is 19.6 Å². The van der Waals surface area contributed by atoms with Gasteiger partial charge in [-0.15, -0.1) is 5.10 Å². The molecule has 0 spiro atoms. The number of nitrogens with zero attached hydrogens (tertiary/aromatic N) is 2. The van der Waals surface area contributed by atoms with Gasteiger partial charge in [-0.1, -0.05) is 19.4 Å². The fourth-order valence-corrected chi connectivity index (χ4v) is 3.65. The van der Waals surface area contributed by atoms with E-state index in [0.29, 0.717) is 18.5 Å². The lowest BCUT2D eigenvalue weighted by molar-refractivity contribution is -0.147. The molecule has 0 radical (unpaired) electrons. The minimum atomic E-state index is -4.03. The summed E-state index contributed by atoms with van der Waals surface area (Å²) in [7, 11) is -2.48. The first-order chi connectivity index (χ1) is 11.3. The van der Waals surface area contributed by atoms with Crippen molar-refractivity contribution in [2.45, 2.75) is 36.5 Å². The van der Waals surface area contributed by atoms with Crippen molar-refractivity contribution in [1.82, 2.24) is 5.43 Å². The van der Waals surface area contributed by atoms with Crippen LogP contribution in [0.25, 0.3) is 0 Å². The van der Waals surface area contributed by atoms with Crippen LogP contribution in [0.4, 0.5) is 5.69 Å². The Labute approximate surface area is 139 Å². The van der Waals surface area contributed by atoms with Gasteiger partial charge in [0.05, 0.1) is 5.69 Å². The van der Waals surface area contributed by atoms with Crippen molar-refractivity contribution in [2.75, 3.05) is 11.9 Å². The number of primary sulfonamides is 1. The number of hydrogen-bond donors (Lipinski definition) is 2. The third-order valence-electron chi connectivity index (χ3n) is 4.06. The molecular formula is C14H18N4O5S. The zero-order chi connectivity index (χ0) is 17.5. The number of sulfonamides is 1. The number of amides is 1. The molecule has 2 atom stereocenters. The average molecular weight is 354 g/mol. The second kappa shape index (κ2) is 5.64. The van der Waals surface area contributed by atoms with E-state index in [-0.39, 0.29) is 16.6 Å². The fourth-order valence-electron chi connectivity index (χ4n) is 2.97. The number of carbonyl (C=O) groups excluding carboxylic acids is 1. The van der Waals surface area contributed by atoms with E-state index in [9.17, 15) is 13.2 Å². The molecule has 0 aliphatic carbocycles. The number of benzene rings is 1. The predicted molar refractivity (Wildman–Crippen MR) is 86.0 cm³/mol. The van der Waals surface area contributed by atoms with Gasteiger partial charge in [0, 0.05) is 13.5 Å². The van der Waals surface area contributed by atoms with Crippen molar-refractivity contribution in [1.29, 1.82) is 0 Å². The molecule has 2 unspecified atom stereocenters. The summed E-state index contributed by atoms with van der Waals surface area (Å²) in [5.74, 6) is -0.320. The van der Waals surface area contributed by atoms with Crippen LogP contribution in [-0.4, -0.2) is 39.6 Å². The number of hydrazone groups is 1. The molecule has 2 aliphatic heterocycles. The highest BCUT2D eigenvalue weighted by Crippen LogP contribution is 2.44. The lowest BCUT2D eigenvalue weighted by Crippen LogP contribution is -2.64. The second-order valence-corrected chi connectivity index (χ2v) is 7.16. The summed E-state index contributed by atoms with van der Waals surface area (Å²) in [4.78, 5) is 14.2. The summed E-state index contributed by atoms with van der Waals surface area (Å²) >= 11 is 0. The molecular weight excluding hydrogens is 336 g/mol. The molecule has 1 aromatic carbocycles. The number of nitrogens with one attached hydrogen (secondary N) is 1. The topological polar surface area (TPSA) is 123 Å². The lowest BCUT2D eigenvalue weighted by Gasteiger charge is -2.43. The Morgan fingerprint density at radius 1 is 1.46 bits per heavy atom. The highest BCUT2D eigenvalue weighted by molar-refractivity contribution is 7.89. The van der Waals surface area contributed by atoms with Crippen LogP contribution in [0.1, 0.15) is 19.8 Å². The maximum atomic E-state index is 13.0. The minimum Gasteiger partial charge on any atom is -0.468 e. The van der Waals surface area contributed by atoms with Crippen LogP contribution in [0.15, 0.2) is 28.2 Å². The molecule has 1 aromatic rings. The number of carbonyl (C=O) groups is 1. The summed E-state index contributed by atoms with van der Waals surface area (Å²) in [6.07, 6.45) is 1.22. The first-order valence-electron chi connectivity index (χ1n) is 7.37. The molecule has 0 saturated carbocycles. The molecule has 0 aromatic heterocycles. The second-order valence-electron chi connectivity index (χ2n) is 5.63. The maximum Gasteiger partial charge on any atom is 0.277 e. The van der Waals surface area contributed by atoms with Crippen molar-refractivity contribution < 1.29 is 22.7 Å². The number of rotatable bonds is 4. The van der Waals surface area contributed by atoms with Crippen LogP contribution in [0.5, 0.6) is 5.75 Å². The third-order valence-corrected chi connectivity index (χ3v) is 5.00. The number of ether oxygens (including phenoxy) is 2. The largest absolute Gasteiger partial charge is 0.468 e. The Kier molecular flexibility index (Phi) is 3.88. The van der Waals surface area contributed by atoms with E-state index >= 15 is 0 Å². The average Bonchev–Trinajstić information content (AvgIpc) is 3.06. The van der Waals surface area contributed by atoms with Crippen LogP contribution in [0, 0.1) is 0 Å². The smallest absolute Gasteiger partial charge is 0.277 e. The van der Waals surface area contributed by atoms with Gasteiger partial charge in [0.2, 0.25) is 21.9 Å². The van der Waals surface area contributed by atoms with E-state index in [2.05, 4.69) is 10.5 Å². The van der Waals surface area contributed by atoms with Gasteiger partial charge in [0.1, 0.15) is 4.90 Å². The Hall–Kier alpha value is -2.33. The van der Waals surface area contributed by atoms with Gasteiger partial charge < -0.3 is 14.4 Å². The van der Waals surface area contributed by atoms with Crippen molar-refractivity contribution in [3.63, 3.8) is 0 Å². The Morgan fingerprint density at radius 2 is 2.21 bits per heavy atom. The molecule has 0 bridgehead atoms. The van der Waals surface area contributed by atoms with Crippen molar-refractivity contribution in [2.24, 2.45) is 10.2 Å². The number of fused-ring (bicyclic) bond motifs is 1. The molecule has 0 saturated heterocycles. The molecule has 3 rings (SSSR count). The molecule has 2 heterocycles. The zero-order valence-electron chi connectivity index (χ0n) is 13.2.